The number of rotatable bonds is 4. The average molecular weight is 269 g/mol. The Balaban J connectivity index is 2.87. The van der Waals surface area contributed by atoms with E-state index in [0.717, 1.165) is 22.1 Å². The van der Waals surface area contributed by atoms with Crippen molar-refractivity contribution in [1.29, 1.82) is 0 Å². The Labute approximate surface area is 98.1 Å². The Bertz CT molecular complexity index is 370. The van der Waals surface area contributed by atoms with Gasteiger partial charge in [0.15, 0.2) is 0 Å². The van der Waals surface area contributed by atoms with Crippen molar-refractivity contribution in [2.45, 2.75) is 20.0 Å². The van der Waals surface area contributed by atoms with E-state index in [2.05, 4.69) is 15.9 Å². The maximum atomic E-state index is 10.2. The van der Waals surface area contributed by atoms with Gasteiger partial charge in [0.25, 0.3) is 0 Å². The van der Waals surface area contributed by atoms with Crippen molar-refractivity contribution in [3.8, 4) is 5.75 Å². The van der Waals surface area contributed by atoms with Crippen LogP contribution in [0.5, 0.6) is 5.75 Å². The third-order valence-electron chi connectivity index (χ3n) is 1.69. The van der Waals surface area contributed by atoms with Gasteiger partial charge in [0.2, 0.25) is 0 Å². The molecule has 0 heterocycles. The van der Waals surface area contributed by atoms with Crippen LogP contribution in [0.1, 0.15) is 19.4 Å². The maximum Gasteiger partial charge on any atom is 0.142 e. The summed E-state index contributed by atoms with van der Waals surface area (Å²) in [5.74, 6) is 0.813. The first-order valence-corrected chi connectivity index (χ1v) is 5.51. The zero-order valence-corrected chi connectivity index (χ0v) is 10.3. The lowest BCUT2D eigenvalue weighted by Crippen LogP contribution is -2.05. The minimum atomic E-state index is 0.151. The van der Waals surface area contributed by atoms with E-state index in [1.54, 1.807) is 6.08 Å². The standard InChI is InChI=1S/C12H13BrO2/c1-9(2)15-12-6-5-10(4-3-7-14)8-11(12)13/h3-9H,1-2H3/b4-3+. The number of allylic oxidation sites excluding steroid dienone is 1. The zero-order chi connectivity index (χ0) is 11.3. The number of carbonyl (C=O) groups is 1. The number of hydrogen-bond acceptors (Lipinski definition) is 2. The molecule has 0 aromatic heterocycles. The van der Waals surface area contributed by atoms with Crippen molar-refractivity contribution in [2.24, 2.45) is 0 Å². The van der Waals surface area contributed by atoms with Gasteiger partial charge in [-0.3, -0.25) is 4.79 Å². The molecule has 3 heteroatoms. The SMILES string of the molecule is CC(C)Oc1ccc(/C=C/C=O)cc1Br. The smallest absolute Gasteiger partial charge is 0.142 e. The molecule has 0 aliphatic heterocycles. The average Bonchev–Trinajstić information content (AvgIpc) is 2.18. The molecule has 2 nitrogen and oxygen atoms in total. The summed E-state index contributed by atoms with van der Waals surface area (Å²) in [7, 11) is 0. The van der Waals surface area contributed by atoms with Gasteiger partial charge in [0, 0.05) is 0 Å². The van der Waals surface area contributed by atoms with E-state index in [4.69, 9.17) is 4.74 Å². The quantitative estimate of drug-likeness (QED) is 0.618. The lowest BCUT2D eigenvalue weighted by atomic mass is 10.2. The predicted octanol–water partition coefficient (Wildman–Crippen LogP) is 3.45. The van der Waals surface area contributed by atoms with Crippen LogP contribution < -0.4 is 4.74 Å². The van der Waals surface area contributed by atoms with Gasteiger partial charge < -0.3 is 4.74 Å². The van der Waals surface area contributed by atoms with Crippen LogP contribution in [-0.2, 0) is 4.79 Å². The topological polar surface area (TPSA) is 26.3 Å². The minimum Gasteiger partial charge on any atom is -0.490 e. The second kappa shape index (κ2) is 5.71. The Kier molecular flexibility index (Phi) is 4.56. The molecule has 0 radical (unpaired) electrons. The lowest BCUT2D eigenvalue weighted by Gasteiger charge is -2.11. The van der Waals surface area contributed by atoms with Crippen molar-refractivity contribution in [3.05, 3.63) is 34.3 Å². The van der Waals surface area contributed by atoms with Gasteiger partial charge in [-0.1, -0.05) is 12.1 Å². The van der Waals surface area contributed by atoms with Crippen molar-refractivity contribution in [2.75, 3.05) is 0 Å². The summed E-state index contributed by atoms with van der Waals surface area (Å²) in [6.45, 7) is 3.96. The number of aldehydes is 1. The normalized spacial score (nSPS) is 10.9. The molecule has 0 atom stereocenters. The highest BCUT2D eigenvalue weighted by atomic mass is 79.9. The molecular formula is C12H13BrO2. The van der Waals surface area contributed by atoms with Gasteiger partial charge in [-0.15, -0.1) is 0 Å². The van der Waals surface area contributed by atoms with Gasteiger partial charge in [0.05, 0.1) is 10.6 Å². The van der Waals surface area contributed by atoms with Crippen molar-refractivity contribution < 1.29 is 9.53 Å². The van der Waals surface area contributed by atoms with E-state index in [-0.39, 0.29) is 6.10 Å². The van der Waals surface area contributed by atoms with Crippen LogP contribution in [0.15, 0.2) is 28.7 Å². The first kappa shape index (κ1) is 12.0. The highest BCUT2D eigenvalue weighted by Gasteiger charge is 2.03. The van der Waals surface area contributed by atoms with Crippen LogP contribution in [0.25, 0.3) is 6.08 Å². The monoisotopic (exact) mass is 268 g/mol. The Hall–Kier alpha value is -1.09. The van der Waals surface area contributed by atoms with E-state index in [1.807, 2.05) is 32.0 Å². The van der Waals surface area contributed by atoms with E-state index in [0.29, 0.717) is 0 Å². The molecule has 0 aliphatic carbocycles. The second-order valence-electron chi connectivity index (χ2n) is 3.35. The zero-order valence-electron chi connectivity index (χ0n) is 8.74. The molecule has 0 aliphatic rings. The Morgan fingerprint density at radius 3 is 2.67 bits per heavy atom. The van der Waals surface area contributed by atoms with Crippen LogP contribution in [0.2, 0.25) is 0 Å². The molecule has 15 heavy (non-hydrogen) atoms. The van der Waals surface area contributed by atoms with E-state index >= 15 is 0 Å². The first-order chi connectivity index (χ1) is 7.13. The fraction of sp³-hybridized carbons (Fsp3) is 0.250. The fourth-order valence-corrected chi connectivity index (χ4v) is 1.61. The second-order valence-corrected chi connectivity index (χ2v) is 4.21. The summed E-state index contributed by atoms with van der Waals surface area (Å²) in [6.07, 6.45) is 4.12. The summed E-state index contributed by atoms with van der Waals surface area (Å²) in [5.41, 5.74) is 0.963. The molecule has 0 bridgehead atoms. The minimum absolute atomic E-state index is 0.151. The number of hydrogen-bond donors (Lipinski definition) is 0. The maximum absolute atomic E-state index is 10.2. The summed E-state index contributed by atoms with van der Waals surface area (Å²) >= 11 is 3.42. The van der Waals surface area contributed by atoms with Crippen LogP contribution in [0, 0.1) is 0 Å². The number of benzene rings is 1. The largest absolute Gasteiger partial charge is 0.490 e. The molecule has 0 amide bonds. The molecule has 0 fully saturated rings. The highest BCUT2D eigenvalue weighted by Crippen LogP contribution is 2.27. The van der Waals surface area contributed by atoms with Crippen LogP contribution in [0.3, 0.4) is 0 Å². The van der Waals surface area contributed by atoms with E-state index < -0.39 is 0 Å². The predicted molar refractivity (Wildman–Crippen MR) is 65.0 cm³/mol. The third kappa shape index (κ3) is 3.88. The molecule has 0 saturated heterocycles. The number of ether oxygens (including phenoxy) is 1. The summed E-state index contributed by atoms with van der Waals surface area (Å²) in [5, 5.41) is 0. The molecule has 0 unspecified atom stereocenters. The molecular weight excluding hydrogens is 256 g/mol. The summed E-state index contributed by atoms with van der Waals surface area (Å²) in [4.78, 5) is 10.2. The van der Waals surface area contributed by atoms with Gasteiger partial charge in [0.1, 0.15) is 12.0 Å². The third-order valence-corrected chi connectivity index (χ3v) is 2.31. The van der Waals surface area contributed by atoms with E-state index in [1.165, 1.54) is 6.08 Å². The van der Waals surface area contributed by atoms with Gasteiger partial charge in [-0.05, 0) is 53.5 Å². The molecule has 1 rings (SSSR count). The molecule has 0 spiro atoms. The Morgan fingerprint density at radius 2 is 2.13 bits per heavy atom. The summed E-state index contributed by atoms with van der Waals surface area (Å²) in [6, 6.07) is 5.70. The molecule has 1 aromatic carbocycles. The van der Waals surface area contributed by atoms with Gasteiger partial charge in [-0.2, -0.15) is 0 Å². The molecule has 80 valence electrons. The Morgan fingerprint density at radius 1 is 1.40 bits per heavy atom. The summed E-state index contributed by atoms with van der Waals surface area (Å²) < 4.78 is 6.46. The highest BCUT2D eigenvalue weighted by molar-refractivity contribution is 9.10. The van der Waals surface area contributed by atoms with Crippen LogP contribution >= 0.6 is 15.9 Å². The number of halogens is 1. The fourth-order valence-electron chi connectivity index (χ4n) is 1.12. The van der Waals surface area contributed by atoms with Gasteiger partial charge in [-0.25, -0.2) is 0 Å². The first-order valence-electron chi connectivity index (χ1n) is 4.71. The van der Waals surface area contributed by atoms with Crippen LogP contribution in [0.4, 0.5) is 0 Å². The van der Waals surface area contributed by atoms with Crippen LogP contribution in [-0.4, -0.2) is 12.4 Å². The van der Waals surface area contributed by atoms with Crippen molar-refractivity contribution >= 4 is 28.3 Å². The van der Waals surface area contributed by atoms with Crippen molar-refractivity contribution in [3.63, 3.8) is 0 Å². The number of carbonyl (C=O) groups excluding carboxylic acids is 1. The molecule has 0 N–H and O–H groups in total. The van der Waals surface area contributed by atoms with Gasteiger partial charge >= 0.3 is 0 Å². The van der Waals surface area contributed by atoms with Crippen molar-refractivity contribution in [1.82, 2.24) is 0 Å². The molecule has 0 saturated carbocycles. The molecule has 1 aromatic rings. The van der Waals surface area contributed by atoms with E-state index in [9.17, 15) is 4.79 Å². The lowest BCUT2D eigenvalue weighted by molar-refractivity contribution is -0.104.